The summed E-state index contributed by atoms with van der Waals surface area (Å²) < 4.78 is 1.94. The number of unbranched alkanes of at least 4 members (excludes halogenated alkanes) is 4. The zero-order valence-electron chi connectivity index (χ0n) is 9.24. The van der Waals surface area contributed by atoms with Crippen LogP contribution in [0.3, 0.4) is 0 Å². The van der Waals surface area contributed by atoms with E-state index in [0.29, 0.717) is 12.2 Å². The van der Waals surface area contributed by atoms with Crippen LogP contribution in [0, 0.1) is 18.3 Å². The molecule has 0 aliphatic heterocycles. The highest BCUT2D eigenvalue weighted by atomic mass is 15.3. The van der Waals surface area contributed by atoms with Crippen molar-refractivity contribution < 1.29 is 0 Å². The fraction of sp³-hybridized carbons (Fsp3) is 0.636. The Hall–Kier alpha value is -1.50. The number of anilines is 1. The molecule has 0 aliphatic rings. The number of nitrogen functional groups attached to an aromatic ring is 1. The molecule has 1 aromatic rings. The first-order valence-electron chi connectivity index (χ1n) is 5.41. The Morgan fingerprint density at radius 1 is 1.40 bits per heavy atom. The number of aromatic nitrogens is 2. The average molecular weight is 206 g/mol. The van der Waals surface area contributed by atoms with E-state index in [0.717, 1.165) is 37.9 Å². The molecule has 15 heavy (non-hydrogen) atoms. The van der Waals surface area contributed by atoms with Gasteiger partial charge in [-0.25, -0.2) is 0 Å². The highest BCUT2D eigenvalue weighted by molar-refractivity contribution is 5.28. The van der Waals surface area contributed by atoms with Gasteiger partial charge >= 0.3 is 0 Å². The largest absolute Gasteiger partial charge is 0.382 e. The molecule has 4 nitrogen and oxygen atoms in total. The van der Waals surface area contributed by atoms with Gasteiger partial charge in [-0.15, -0.1) is 0 Å². The maximum atomic E-state index is 8.36. The quantitative estimate of drug-likeness (QED) is 0.726. The second kappa shape index (κ2) is 6.07. The summed E-state index contributed by atoms with van der Waals surface area (Å²) in [6, 6.07) is 4.04. The van der Waals surface area contributed by atoms with Gasteiger partial charge in [0.2, 0.25) is 0 Å². The zero-order chi connectivity index (χ0) is 11.1. The van der Waals surface area contributed by atoms with E-state index in [4.69, 9.17) is 11.0 Å². The van der Waals surface area contributed by atoms with Crippen LogP contribution in [0.5, 0.6) is 0 Å². The van der Waals surface area contributed by atoms with E-state index < -0.39 is 0 Å². The van der Waals surface area contributed by atoms with E-state index in [2.05, 4.69) is 11.2 Å². The summed E-state index contributed by atoms with van der Waals surface area (Å²) in [6.45, 7) is 2.94. The lowest BCUT2D eigenvalue weighted by molar-refractivity contribution is 0.529. The molecule has 0 spiro atoms. The van der Waals surface area contributed by atoms with Crippen LogP contribution in [0.4, 0.5) is 5.82 Å². The van der Waals surface area contributed by atoms with E-state index in [1.54, 1.807) is 0 Å². The summed E-state index contributed by atoms with van der Waals surface area (Å²) in [6.07, 6.45) is 5.07. The number of rotatable bonds is 6. The molecule has 1 heterocycles. The smallest absolute Gasteiger partial charge is 0.145 e. The van der Waals surface area contributed by atoms with Gasteiger partial charge in [-0.3, -0.25) is 4.68 Å². The van der Waals surface area contributed by atoms with Gasteiger partial charge in [0.05, 0.1) is 6.07 Å². The third kappa shape index (κ3) is 4.03. The van der Waals surface area contributed by atoms with E-state index >= 15 is 0 Å². The first-order chi connectivity index (χ1) is 7.24. The molecule has 2 N–H and O–H groups in total. The second-order valence-electron chi connectivity index (χ2n) is 3.76. The molecule has 4 heteroatoms. The predicted molar refractivity (Wildman–Crippen MR) is 60.1 cm³/mol. The predicted octanol–water partition coefficient (Wildman–Crippen LogP) is 2.25. The van der Waals surface area contributed by atoms with Crippen LogP contribution in [0.15, 0.2) is 6.07 Å². The van der Waals surface area contributed by atoms with Crippen molar-refractivity contribution in [3.05, 3.63) is 11.8 Å². The van der Waals surface area contributed by atoms with Crippen molar-refractivity contribution in [2.45, 2.75) is 45.6 Å². The van der Waals surface area contributed by atoms with Crippen molar-refractivity contribution >= 4 is 5.82 Å². The Bertz CT molecular complexity index is 335. The Morgan fingerprint density at radius 2 is 2.13 bits per heavy atom. The van der Waals surface area contributed by atoms with E-state index in [1.165, 1.54) is 0 Å². The molecule has 82 valence electrons. The van der Waals surface area contributed by atoms with Gasteiger partial charge in [0.25, 0.3) is 0 Å². The number of aryl methyl sites for hydroxylation is 2. The van der Waals surface area contributed by atoms with Crippen molar-refractivity contribution in [2.24, 2.45) is 0 Å². The van der Waals surface area contributed by atoms with Gasteiger partial charge < -0.3 is 5.73 Å². The van der Waals surface area contributed by atoms with Gasteiger partial charge in [-0.1, -0.05) is 12.8 Å². The fourth-order valence-corrected chi connectivity index (χ4v) is 1.58. The van der Waals surface area contributed by atoms with Crippen molar-refractivity contribution in [2.75, 3.05) is 5.73 Å². The fourth-order valence-electron chi connectivity index (χ4n) is 1.58. The Balaban J connectivity index is 2.15. The third-order valence-corrected chi connectivity index (χ3v) is 2.41. The average Bonchev–Trinajstić information content (AvgIpc) is 2.51. The number of hydrogen-bond acceptors (Lipinski definition) is 3. The topological polar surface area (TPSA) is 67.6 Å². The van der Waals surface area contributed by atoms with Crippen LogP contribution < -0.4 is 5.73 Å². The molecule has 1 aromatic heterocycles. The van der Waals surface area contributed by atoms with Gasteiger partial charge in [0.15, 0.2) is 0 Å². The van der Waals surface area contributed by atoms with Gasteiger partial charge in [0.1, 0.15) is 5.82 Å². The molecular weight excluding hydrogens is 188 g/mol. The van der Waals surface area contributed by atoms with Crippen LogP contribution in [0.1, 0.15) is 37.8 Å². The lowest BCUT2D eigenvalue weighted by Gasteiger charge is -2.03. The molecule has 0 radical (unpaired) electrons. The van der Waals surface area contributed by atoms with Crippen molar-refractivity contribution in [1.29, 1.82) is 5.26 Å². The van der Waals surface area contributed by atoms with Crippen LogP contribution in [0.25, 0.3) is 0 Å². The molecule has 0 saturated heterocycles. The zero-order valence-corrected chi connectivity index (χ0v) is 9.24. The van der Waals surface area contributed by atoms with Gasteiger partial charge in [0, 0.05) is 24.7 Å². The van der Waals surface area contributed by atoms with Crippen LogP contribution in [-0.4, -0.2) is 9.78 Å². The monoisotopic (exact) mass is 206 g/mol. The van der Waals surface area contributed by atoms with Gasteiger partial charge in [-0.05, 0) is 19.8 Å². The van der Waals surface area contributed by atoms with E-state index in [1.807, 2.05) is 17.7 Å². The minimum Gasteiger partial charge on any atom is -0.382 e. The molecular formula is C11H18N4. The third-order valence-electron chi connectivity index (χ3n) is 2.41. The minimum atomic E-state index is 0.594. The van der Waals surface area contributed by atoms with Crippen LogP contribution in [0.2, 0.25) is 0 Å². The summed E-state index contributed by atoms with van der Waals surface area (Å²) in [5.41, 5.74) is 6.70. The summed E-state index contributed by atoms with van der Waals surface area (Å²) in [7, 11) is 0. The molecule has 0 atom stereocenters. The Morgan fingerprint density at radius 3 is 2.73 bits per heavy atom. The Labute approximate surface area is 90.7 Å². The van der Waals surface area contributed by atoms with E-state index in [9.17, 15) is 0 Å². The number of nitrogens with two attached hydrogens (primary N) is 1. The Kier molecular flexibility index (Phi) is 4.69. The number of nitrogens with zero attached hydrogens (tertiary/aromatic N) is 3. The van der Waals surface area contributed by atoms with Crippen molar-refractivity contribution in [3.8, 4) is 6.07 Å². The van der Waals surface area contributed by atoms with Crippen molar-refractivity contribution in [1.82, 2.24) is 9.78 Å². The molecule has 1 rings (SSSR count). The molecule has 0 amide bonds. The summed E-state index contributed by atoms with van der Waals surface area (Å²) in [4.78, 5) is 0. The molecule has 0 aliphatic carbocycles. The maximum Gasteiger partial charge on any atom is 0.145 e. The summed E-state index contributed by atoms with van der Waals surface area (Å²) in [5.74, 6) is 0.594. The van der Waals surface area contributed by atoms with Crippen LogP contribution >= 0.6 is 0 Å². The van der Waals surface area contributed by atoms with E-state index in [-0.39, 0.29) is 0 Å². The molecule has 0 saturated carbocycles. The molecule has 0 unspecified atom stereocenters. The molecule has 0 aromatic carbocycles. The lowest BCUT2D eigenvalue weighted by Crippen LogP contribution is -2.02. The van der Waals surface area contributed by atoms with Crippen molar-refractivity contribution in [3.63, 3.8) is 0 Å². The summed E-state index contributed by atoms with van der Waals surface area (Å²) >= 11 is 0. The number of hydrogen-bond donors (Lipinski definition) is 1. The standard InChI is InChI=1S/C11H18N4/c1-10-9-11(13)14-15(10)8-6-4-2-3-5-7-12/h9H,2-6,8H2,1H3,(H2,13,14). The maximum absolute atomic E-state index is 8.36. The summed E-state index contributed by atoms with van der Waals surface area (Å²) in [5, 5.41) is 12.5. The molecule has 0 fully saturated rings. The first-order valence-corrected chi connectivity index (χ1v) is 5.41. The van der Waals surface area contributed by atoms with Crippen LogP contribution in [-0.2, 0) is 6.54 Å². The highest BCUT2D eigenvalue weighted by Gasteiger charge is 2.00. The first kappa shape index (κ1) is 11.6. The van der Waals surface area contributed by atoms with Gasteiger partial charge in [-0.2, -0.15) is 10.4 Å². The molecule has 0 bridgehead atoms. The highest BCUT2D eigenvalue weighted by Crippen LogP contribution is 2.08. The SMILES string of the molecule is Cc1cc(N)nn1CCCCCCC#N. The second-order valence-corrected chi connectivity index (χ2v) is 3.76. The lowest BCUT2D eigenvalue weighted by atomic mass is 10.1. The normalized spacial score (nSPS) is 10.1. The minimum absolute atomic E-state index is 0.594. The number of nitriles is 1.